The van der Waals surface area contributed by atoms with Crippen molar-refractivity contribution in [3.8, 4) is 0 Å². The van der Waals surface area contributed by atoms with E-state index in [1.807, 2.05) is 0 Å². The van der Waals surface area contributed by atoms with Crippen LogP contribution in [0.25, 0.3) is 0 Å². The predicted molar refractivity (Wildman–Crippen MR) is 73.4 cm³/mol. The van der Waals surface area contributed by atoms with Gasteiger partial charge < -0.3 is 15.3 Å². The van der Waals surface area contributed by atoms with E-state index < -0.39 is 29.4 Å². The van der Waals surface area contributed by atoms with Crippen molar-refractivity contribution in [1.82, 2.24) is 0 Å². The second-order valence-electron chi connectivity index (χ2n) is 5.10. The summed E-state index contributed by atoms with van der Waals surface area (Å²) in [6, 6.07) is 9.73. The Morgan fingerprint density at radius 2 is 1.19 bits per heavy atom. The minimum absolute atomic E-state index is 0.153. The van der Waals surface area contributed by atoms with Gasteiger partial charge in [0.15, 0.2) is 0 Å². The molecule has 0 fully saturated rings. The summed E-state index contributed by atoms with van der Waals surface area (Å²) in [4.78, 5) is 0. The van der Waals surface area contributed by atoms with Crippen molar-refractivity contribution in [3.05, 3.63) is 71.3 Å². The SMILES string of the molecule is C[C@](O)(c1ccc(F)cc1)[C@](O)(CO)c1ccc(F)cc1. The molecule has 0 radical (unpaired) electrons. The van der Waals surface area contributed by atoms with Gasteiger partial charge >= 0.3 is 0 Å². The Balaban J connectivity index is 2.51. The summed E-state index contributed by atoms with van der Waals surface area (Å²) in [5.41, 5.74) is -3.57. The van der Waals surface area contributed by atoms with Gasteiger partial charge in [0, 0.05) is 0 Å². The van der Waals surface area contributed by atoms with Gasteiger partial charge in [-0.3, -0.25) is 0 Å². The molecule has 0 aromatic heterocycles. The van der Waals surface area contributed by atoms with Gasteiger partial charge in [0.1, 0.15) is 22.8 Å². The van der Waals surface area contributed by atoms with Crippen molar-refractivity contribution in [3.63, 3.8) is 0 Å². The first-order valence-electron chi connectivity index (χ1n) is 6.39. The van der Waals surface area contributed by atoms with E-state index in [4.69, 9.17) is 0 Å². The minimum Gasteiger partial charge on any atom is -0.393 e. The van der Waals surface area contributed by atoms with Gasteiger partial charge in [-0.1, -0.05) is 24.3 Å². The van der Waals surface area contributed by atoms with Gasteiger partial charge in [0.25, 0.3) is 0 Å². The van der Waals surface area contributed by atoms with Crippen LogP contribution >= 0.6 is 0 Å². The van der Waals surface area contributed by atoms with Crippen LogP contribution in [0, 0.1) is 11.6 Å². The van der Waals surface area contributed by atoms with Crippen LogP contribution in [0.2, 0.25) is 0 Å². The van der Waals surface area contributed by atoms with Gasteiger partial charge in [-0.05, 0) is 42.3 Å². The lowest BCUT2D eigenvalue weighted by Gasteiger charge is -2.40. The summed E-state index contributed by atoms with van der Waals surface area (Å²) in [6.07, 6.45) is 0. The van der Waals surface area contributed by atoms with Gasteiger partial charge in [0.2, 0.25) is 0 Å². The molecule has 0 amide bonds. The third-order valence-corrected chi connectivity index (χ3v) is 3.76. The number of rotatable bonds is 4. The maximum absolute atomic E-state index is 13.0. The Labute approximate surface area is 121 Å². The lowest BCUT2D eigenvalue weighted by atomic mass is 9.75. The van der Waals surface area contributed by atoms with Crippen LogP contribution in [0.1, 0.15) is 18.1 Å². The highest BCUT2D eigenvalue weighted by molar-refractivity contribution is 5.33. The lowest BCUT2D eigenvalue weighted by molar-refractivity contribution is -0.176. The molecule has 2 rings (SSSR count). The monoisotopic (exact) mass is 294 g/mol. The highest BCUT2D eigenvalue weighted by atomic mass is 19.1. The molecule has 2 atom stereocenters. The molecular formula is C16H16F2O3. The van der Waals surface area contributed by atoms with Crippen molar-refractivity contribution >= 4 is 0 Å². The standard InChI is InChI=1S/C16H16F2O3/c1-15(20,11-2-6-13(17)7-3-11)16(21,10-19)12-4-8-14(18)9-5-12/h2-9,19-21H,10H2,1H3/t15-,16-/m0/s1. The van der Waals surface area contributed by atoms with Crippen LogP contribution in [0.3, 0.4) is 0 Å². The van der Waals surface area contributed by atoms with Gasteiger partial charge in [-0.15, -0.1) is 0 Å². The lowest BCUT2D eigenvalue weighted by Crippen LogP contribution is -2.50. The van der Waals surface area contributed by atoms with E-state index in [-0.39, 0.29) is 11.1 Å². The first-order valence-corrected chi connectivity index (χ1v) is 6.39. The van der Waals surface area contributed by atoms with Crippen molar-refractivity contribution in [1.29, 1.82) is 0 Å². The van der Waals surface area contributed by atoms with Crippen LogP contribution in [0.15, 0.2) is 48.5 Å². The Kier molecular flexibility index (Phi) is 4.09. The van der Waals surface area contributed by atoms with Crippen LogP contribution in [-0.4, -0.2) is 21.9 Å². The van der Waals surface area contributed by atoms with E-state index in [0.717, 1.165) is 24.3 Å². The van der Waals surface area contributed by atoms with Gasteiger partial charge in [-0.2, -0.15) is 0 Å². The molecule has 3 N–H and O–H groups in total. The fourth-order valence-corrected chi connectivity index (χ4v) is 2.27. The van der Waals surface area contributed by atoms with Crippen molar-refractivity contribution in [2.75, 3.05) is 6.61 Å². The molecule has 0 unspecified atom stereocenters. The number of halogens is 2. The quantitative estimate of drug-likeness (QED) is 0.809. The van der Waals surface area contributed by atoms with Crippen molar-refractivity contribution < 1.29 is 24.1 Å². The zero-order chi connectivity index (χ0) is 15.7. The molecule has 0 bridgehead atoms. The first-order chi connectivity index (χ1) is 9.81. The molecule has 21 heavy (non-hydrogen) atoms. The Morgan fingerprint density at radius 3 is 1.57 bits per heavy atom. The van der Waals surface area contributed by atoms with E-state index in [0.29, 0.717) is 0 Å². The second-order valence-corrected chi connectivity index (χ2v) is 5.10. The van der Waals surface area contributed by atoms with E-state index in [9.17, 15) is 24.1 Å². The van der Waals surface area contributed by atoms with Crippen molar-refractivity contribution in [2.45, 2.75) is 18.1 Å². The van der Waals surface area contributed by atoms with E-state index >= 15 is 0 Å². The van der Waals surface area contributed by atoms with Crippen molar-refractivity contribution in [2.24, 2.45) is 0 Å². The van der Waals surface area contributed by atoms with Crippen LogP contribution in [0.4, 0.5) is 8.78 Å². The van der Waals surface area contributed by atoms with E-state index in [1.165, 1.54) is 31.2 Å². The maximum Gasteiger partial charge on any atom is 0.145 e. The molecule has 0 spiro atoms. The number of hydrogen-bond donors (Lipinski definition) is 3. The molecule has 2 aromatic carbocycles. The summed E-state index contributed by atoms with van der Waals surface area (Å²) in [6.45, 7) is 0.517. The molecule has 0 aliphatic rings. The van der Waals surface area contributed by atoms with Crippen LogP contribution < -0.4 is 0 Å². The third kappa shape index (κ3) is 2.68. The topological polar surface area (TPSA) is 60.7 Å². The van der Waals surface area contributed by atoms with E-state index in [2.05, 4.69) is 0 Å². The Morgan fingerprint density at radius 1 is 0.810 bits per heavy atom. The molecule has 0 saturated carbocycles. The zero-order valence-corrected chi connectivity index (χ0v) is 11.4. The molecule has 3 nitrogen and oxygen atoms in total. The zero-order valence-electron chi connectivity index (χ0n) is 11.4. The Bertz CT molecular complexity index is 608. The fourth-order valence-electron chi connectivity index (χ4n) is 2.27. The Hall–Kier alpha value is -1.82. The molecule has 112 valence electrons. The summed E-state index contributed by atoms with van der Waals surface area (Å²) >= 11 is 0. The summed E-state index contributed by atoms with van der Waals surface area (Å²) in [7, 11) is 0. The molecule has 0 saturated heterocycles. The van der Waals surface area contributed by atoms with E-state index in [1.54, 1.807) is 0 Å². The number of hydrogen-bond acceptors (Lipinski definition) is 3. The highest BCUT2D eigenvalue weighted by Gasteiger charge is 2.48. The van der Waals surface area contributed by atoms with Crippen LogP contribution in [0.5, 0.6) is 0 Å². The normalized spacial score (nSPS) is 17.0. The summed E-state index contributed by atoms with van der Waals surface area (Å²) in [5, 5.41) is 31.0. The first kappa shape index (κ1) is 15.6. The molecule has 2 aromatic rings. The molecule has 0 aliphatic heterocycles. The average molecular weight is 294 g/mol. The van der Waals surface area contributed by atoms with Gasteiger partial charge in [-0.25, -0.2) is 8.78 Å². The number of aliphatic hydroxyl groups is 3. The molecule has 0 heterocycles. The van der Waals surface area contributed by atoms with Gasteiger partial charge in [0.05, 0.1) is 6.61 Å². The maximum atomic E-state index is 13.0. The summed E-state index contributed by atoms with van der Waals surface area (Å²) in [5.74, 6) is -0.982. The molecule has 5 heteroatoms. The molecule has 0 aliphatic carbocycles. The fraction of sp³-hybridized carbons (Fsp3) is 0.250. The van der Waals surface area contributed by atoms with Crippen LogP contribution in [-0.2, 0) is 11.2 Å². The third-order valence-electron chi connectivity index (χ3n) is 3.76. The summed E-state index contributed by atoms with van der Waals surface area (Å²) < 4.78 is 26.0. The second kappa shape index (κ2) is 5.52. The molecular weight excluding hydrogens is 278 g/mol. The largest absolute Gasteiger partial charge is 0.393 e. The number of aliphatic hydroxyl groups excluding tert-OH is 1. The predicted octanol–water partition coefficient (Wildman–Crippen LogP) is 2.05. The minimum atomic E-state index is -2.06. The highest BCUT2D eigenvalue weighted by Crippen LogP contribution is 2.40. The number of benzene rings is 2. The average Bonchev–Trinajstić information content (AvgIpc) is 2.47. The smallest absolute Gasteiger partial charge is 0.145 e.